The van der Waals surface area contributed by atoms with Gasteiger partial charge in [0.1, 0.15) is 11.5 Å². The molecule has 0 atom stereocenters. The highest BCUT2D eigenvalue weighted by Gasteiger charge is 2.23. The maximum Gasteiger partial charge on any atom is 0.297 e. The number of benzene rings is 1. The third-order valence-corrected chi connectivity index (χ3v) is 3.59. The summed E-state index contributed by atoms with van der Waals surface area (Å²) in [5.74, 6) is -2.41. The molecule has 2 rings (SSSR count). The van der Waals surface area contributed by atoms with Crippen LogP contribution in [0, 0.1) is 18.6 Å². The van der Waals surface area contributed by atoms with E-state index in [2.05, 4.69) is 10.1 Å². The molecule has 112 valence electrons. The number of carbonyl (C=O) groups excluding carboxylic acids is 1. The molecule has 8 nitrogen and oxygen atoms in total. The molecule has 11 heteroatoms. The number of H-pyrrole nitrogens is 1. The molecule has 0 saturated carbocycles. The van der Waals surface area contributed by atoms with E-state index < -0.39 is 32.5 Å². The molecule has 1 aromatic heterocycles. The SMILES string of the molecule is Cc1ccc(F)c(NS(=O)(=O)c2nc(NC=O)n[nH]2)c1F. The highest BCUT2D eigenvalue weighted by Crippen LogP contribution is 2.24. The lowest BCUT2D eigenvalue weighted by Gasteiger charge is -2.09. The lowest BCUT2D eigenvalue weighted by molar-refractivity contribution is -0.105. The number of nitrogens with one attached hydrogen (secondary N) is 3. The van der Waals surface area contributed by atoms with E-state index in [0.29, 0.717) is 0 Å². The molecule has 3 N–H and O–H groups in total. The summed E-state index contributed by atoms with van der Waals surface area (Å²) in [6.45, 7) is 1.35. The predicted molar refractivity (Wildman–Crippen MR) is 68.0 cm³/mol. The maximum atomic E-state index is 13.8. The van der Waals surface area contributed by atoms with Crippen molar-refractivity contribution in [1.82, 2.24) is 15.2 Å². The minimum Gasteiger partial charge on any atom is -0.296 e. The first-order valence-corrected chi connectivity index (χ1v) is 6.93. The summed E-state index contributed by atoms with van der Waals surface area (Å²) in [7, 11) is -4.39. The van der Waals surface area contributed by atoms with Gasteiger partial charge in [-0.2, -0.15) is 13.4 Å². The average Bonchev–Trinajstić information content (AvgIpc) is 2.89. The van der Waals surface area contributed by atoms with Gasteiger partial charge in [0.2, 0.25) is 12.4 Å². The number of rotatable bonds is 5. The number of sulfonamides is 1. The van der Waals surface area contributed by atoms with Gasteiger partial charge in [0.05, 0.1) is 0 Å². The van der Waals surface area contributed by atoms with E-state index in [9.17, 15) is 22.0 Å². The average molecular weight is 317 g/mol. The Morgan fingerprint density at radius 2 is 2.05 bits per heavy atom. The Balaban J connectivity index is 2.37. The fourth-order valence-electron chi connectivity index (χ4n) is 1.42. The Bertz CT molecular complexity index is 790. The lowest BCUT2D eigenvalue weighted by Crippen LogP contribution is -2.17. The lowest BCUT2D eigenvalue weighted by atomic mass is 10.2. The highest BCUT2D eigenvalue weighted by molar-refractivity contribution is 7.92. The van der Waals surface area contributed by atoms with Crippen LogP contribution in [0.25, 0.3) is 0 Å². The number of hydrogen-bond acceptors (Lipinski definition) is 5. The fraction of sp³-hybridized carbons (Fsp3) is 0.100. The second kappa shape index (κ2) is 5.44. The van der Waals surface area contributed by atoms with E-state index in [1.807, 2.05) is 10.4 Å². The van der Waals surface area contributed by atoms with Gasteiger partial charge in [-0.1, -0.05) is 6.07 Å². The van der Waals surface area contributed by atoms with Crippen LogP contribution in [0.15, 0.2) is 17.3 Å². The number of carbonyl (C=O) groups is 1. The number of aromatic amines is 1. The summed E-state index contributed by atoms with van der Waals surface area (Å²) in [6.07, 6.45) is 0.243. The summed E-state index contributed by atoms with van der Waals surface area (Å²) in [5.41, 5.74) is -0.758. The Labute approximate surface area is 117 Å². The fourth-order valence-corrected chi connectivity index (χ4v) is 2.34. The highest BCUT2D eigenvalue weighted by atomic mass is 32.2. The minimum absolute atomic E-state index is 0.0648. The van der Waals surface area contributed by atoms with Crippen molar-refractivity contribution in [2.24, 2.45) is 0 Å². The van der Waals surface area contributed by atoms with E-state index >= 15 is 0 Å². The van der Waals surface area contributed by atoms with E-state index in [0.717, 1.165) is 6.07 Å². The van der Waals surface area contributed by atoms with Gasteiger partial charge in [-0.05, 0) is 18.6 Å². The molecule has 1 amide bonds. The second-order valence-corrected chi connectivity index (χ2v) is 5.48. The van der Waals surface area contributed by atoms with Crippen LogP contribution in [-0.4, -0.2) is 30.0 Å². The summed E-state index contributed by atoms with van der Waals surface area (Å²) in [6, 6.07) is 2.10. The van der Waals surface area contributed by atoms with Crippen molar-refractivity contribution in [3.8, 4) is 0 Å². The van der Waals surface area contributed by atoms with Crippen molar-refractivity contribution in [2.75, 3.05) is 10.0 Å². The van der Waals surface area contributed by atoms with Crippen molar-refractivity contribution in [2.45, 2.75) is 12.1 Å². The molecule has 21 heavy (non-hydrogen) atoms. The smallest absolute Gasteiger partial charge is 0.296 e. The van der Waals surface area contributed by atoms with Crippen molar-refractivity contribution < 1.29 is 22.0 Å². The predicted octanol–water partition coefficient (Wildman–Crippen LogP) is 0.760. The van der Waals surface area contributed by atoms with Gasteiger partial charge in [-0.15, -0.1) is 5.10 Å². The van der Waals surface area contributed by atoms with Crippen LogP contribution in [0.2, 0.25) is 0 Å². The summed E-state index contributed by atoms with van der Waals surface area (Å²) < 4.78 is 52.9. The number of anilines is 2. The molecule has 0 unspecified atom stereocenters. The van der Waals surface area contributed by atoms with E-state index in [-0.39, 0.29) is 17.9 Å². The number of aromatic nitrogens is 3. The first-order chi connectivity index (χ1) is 9.85. The first kappa shape index (κ1) is 14.8. The van der Waals surface area contributed by atoms with Crippen LogP contribution in [0.3, 0.4) is 0 Å². The van der Waals surface area contributed by atoms with Gasteiger partial charge in [-0.25, -0.2) is 13.9 Å². The van der Waals surface area contributed by atoms with Gasteiger partial charge in [0.25, 0.3) is 15.2 Å². The zero-order valence-corrected chi connectivity index (χ0v) is 11.3. The van der Waals surface area contributed by atoms with Crippen LogP contribution in [0.1, 0.15) is 5.56 Å². The molecule has 0 radical (unpaired) electrons. The number of amides is 1. The Morgan fingerprint density at radius 1 is 1.33 bits per heavy atom. The third-order valence-electron chi connectivity index (χ3n) is 2.43. The molecule has 0 spiro atoms. The molecule has 0 saturated heterocycles. The second-order valence-electron chi connectivity index (χ2n) is 3.89. The van der Waals surface area contributed by atoms with Crippen molar-refractivity contribution in [3.05, 3.63) is 29.3 Å². The topological polar surface area (TPSA) is 117 Å². The number of halogens is 2. The third kappa shape index (κ3) is 2.97. The van der Waals surface area contributed by atoms with Crippen LogP contribution in [0.4, 0.5) is 20.4 Å². The normalized spacial score (nSPS) is 11.2. The largest absolute Gasteiger partial charge is 0.297 e. The Morgan fingerprint density at radius 3 is 2.71 bits per heavy atom. The van der Waals surface area contributed by atoms with Gasteiger partial charge in [0.15, 0.2) is 5.82 Å². The monoisotopic (exact) mass is 317 g/mol. The van der Waals surface area contributed by atoms with Gasteiger partial charge in [0, 0.05) is 0 Å². The van der Waals surface area contributed by atoms with Crippen LogP contribution in [0.5, 0.6) is 0 Å². The van der Waals surface area contributed by atoms with Crippen LogP contribution < -0.4 is 10.0 Å². The van der Waals surface area contributed by atoms with Crippen molar-refractivity contribution in [1.29, 1.82) is 0 Å². The molecule has 0 aliphatic rings. The number of hydrogen-bond donors (Lipinski definition) is 3. The van der Waals surface area contributed by atoms with Crippen molar-refractivity contribution >= 4 is 28.1 Å². The van der Waals surface area contributed by atoms with Crippen molar-refractivity contribution in [3.63, 3.8) is 0 Å². The molecule has 0 aliphatic carbocycles. The standard InChI is InChI=1S/C10H9F2N5O3S/c1-5-2-3-6(11)8(7(5)12)17-21(19,20)10-14-9(13-4-18)15-16-10/h2-4,17H,1H3,(H2,13,14,15,16,18). The zero-order chi connectivity index (χ0) is 15.6. The molecule has 0 bridgehead atoms. The summed E-state index contributed by atoms with van der Waals surface area (Å²) in [4.78, 5) is 13.6. The van der Waals surface area contributed by atoms with Gasteiger partial charge >= 0.3 is 0 Å². The van der Waals surface area contributed by atoms with Gasteiger partial charge in [-0.3, -0.25) is 14.8 Å². The molecule has 2 aromatic rings. The number of nitrogens with zero attached hydrogens (tertiary/aromatic N) is 2. The zero-order valence-electron chi connectivity index (χ0n) is 10.5. The van der Waals surface area contributed by atoms with Crippen LogP contribution >= 0.6 is 0 Å². The molecule has 1 aromatic carbocycles. The number of aryl methyl sites for hydroxylation is 1. The molecule has 0 fully saturated rings. The molecule has 0 aliphatic heterocycles. The maximum absolute atomic E-state index is 13.8. The Hall–Kier alpha value is -2.56. The quantitative estimate of drug-likeness (QED) is 0.704. The van der Waals surface area contributed by atoms with Crippen LogP contribution in [-0.2, 0) is 14.8 Å². The van der Waals surface area contributed by atoms with E-state index in [4.69, 9.17) is 0 Å². The van der Waals surface area contributed by atoms with E-state index in [1.54, 1.807) is 4.72 Å². The minimum atomic E-state index is -4.39. The Kier molecular flexibility index (Phi) is 3.84. The summed E-state index contributed by atoms with van der Waals surface area (Å²) in [5, 5.41) is 6.74. The van der Waals surface area contributed by atoms with E-state index in [1.165, 1.54) is 13.0 Å². The van der Waals surface area contributed by atoms with Gasteiger partial charge < -0.3 is 0 Å². The molecular formula is C10H9F2N5O3S. The molecule has 1 heterocycles. The summed E-state index contributed by atoms with van der Waals surface area (Å²) >= 11 is 0. The molecular weight excluding hydrogens is 308 g/mol. The first-order valence-electron chi connectivity index (χ1n) is 5.45.